The van der Waals surface area contributed by atoms with E-state index < -0.39 is 54.1 Å². The Hall–Kier alpha value is -1.82. The maximum atomic E-state index is 14.0. The van der Waals surface area contributed by atoms with E-state index in [1.54, 1.807) is 0 Å². The van der Waals surface area contributed by atoms with Crippen LogP contribution in [0, 0.1) is 46.3 Å². The largest absolute Gasteiger partial charge is 0.472 e. The lowest BCUT2D eigenvalue weighted by atomic mass is 9.48. The van der Waals surface area contributed by atoms with Crippen molar-refractivity contribution in [2.45, 2.75) is 134 Å². The predicted octanol–water partition coefficient (Wildman–Crippen LogP) is 4.45. The Bertz CT molecular complexity index is 1360. The highest BCUT2D eigenvalue weighted by Crippen LogP contribution is 2.68. The minimum Gasteiger partial charge on any atom is -0.472 e. The summed E-state index contributed by atoms with van der Waals surface area (Å²) in [5.41, 5.74) is -0.659. The van der Waals surface area contributed by atoms with Crippen LogP contribution in [-0.2, 0) is 48.2 Å². The van der Waals surface area contributed by atoms with Crippen molar-refractivity contribution in [2.75, 3.05) is 0 Å². The third-order valence-corrected chi connectivity index (χ3v) is 15.0. The summed E-state index contributed by atoms with van der Waals surface area (Å²) in [7, 11) is -5.74. The molecule has 4 fully saturated rings. The van der Waals surface area contributed by atoms with Crippen molar-refractivity contribution in [1.29, 1.82) is 0 Å². The van der Waals surface area contributed by atoms with E-state index in [0.29, 0.717) is 25.7 Å². The standard InChI is InChI=1S/C33H49F2O11S.Al.2H/c1-18(7-10-30(39)43-17-33(34,35)47(40,41)42)26-8-9-27-25-15-24(45-20(3)37)14-22-13-23(44-19(2)36)11-12-31(22,5)28(25)16-29(32(26,27)6)46-21(4)38;;;/h17-18,22-29H,7-16H2,1-6H3,(H,40,41,42);;;/t18-,22?,23?,24?,25-,26-,27+,28+,29?,31+,32-;;;/m1.../s1. The number of rotatable bonds is 10. The zero-order valence-corrected chi connectivity index (χ0v) is 31.9. The van der Waals surface area contributed by atoms with Gasteiger partial charge in [-0.3, -0.25) is 23.7 Å². The van der Waals surface area contributed by atoms with E-state index in [2.05, 4.69) is 13.8 Å². The van der Waals surface area contributed by atoms with Gasteiger partial charge in [0.25, 0.3) is 16.3 Å². The fourth-order valence-electron chi connectivity index (χ4n) is 10.4. The van der Waals surface area contributed by atoms with Crippen molar-refractivity contribution in [3.05, 3.63) is 0 Å². The van der Waals surface area contributed by atoms with Crippen LogP contribution >= 0.6 is 0 Å². The summed E-state index contributed by atoms with van der Waals surface area (Å²) in [5.74, 6) is -1.57. The molecule has 5 unspecified atom stereocenters. The molecule has 0 aliphatic heterocycles. The van der Waals surface area contributed by atoms with Gasteiger partial charge in [0.2, 0.25) is 0 Å². The van der Waals surface area contributed by atoms with Crippen LogP contribution in [0.1, 0.15) is 106 Å². The molecule has 272 valence electrons. The van der Waals surface area contributed by atoms with Crippen LogP contribution in [0.25, 0.3) is 0 Å². The number of halogens is 2. The van der Waals surface area contributed by atoms with E-state index in [0.717, 1.165) is 25.7 Å². The summed E-state index contributed by atoms with van der Waals surface area (Å²) in [6, 6.07) is 0. The fourth-order valence-corrected chi connectivity index (χ4v) is 12.0. The van der Waals surface area contributed by atoms with Gasteiger partial charge in [0.1, 0.15) is 23.3 Å². The lowest BCUT2D eigenvalue weighted by Crippen LogP contribution is -2.57. The molecule has 11 nitrogen and oxygen atoms in total. The summed E-state index contributed by atoms with van der Waals surface area (Å²) in [6.45, 7) is 10.7. The molecule has 4 aliphatic rings. The van der Waals surface area contributed by atoms with E-state index >= 15 is 0 Å². The smallest absolute Gasteiger partial charge is 0.391 e. The van der Waals surface area contributed by atoms with E-state index in [-0.39, 0.29) is 83.9 Å². The number of hydrogen-bond donors (Lipinski definition) is 1. The first-order chi connectivity index (χ1) is 22.1. The summed E-state index contributed by atoms with van der Waals surface area (Å²) < 4.78 is 81.6. The number of esters is 4. The van der Waals surface area contributed by atoms with Crippen LogP contribution in [0.5, 0.6) is 0 Å². The van der Waals surface area contributed by atoms with Gasteiger partial charge in [-0.2, -0.15) is 17.2 Å². The number of hydrogen-bond acceptors (Lipinski definition) is 10. The number of alkyl halides is 2. The highest BCUT2D eigenvalue weighted by atomic mass is 32.2. The number of carbonyl (C=O) groups excluding carboxylic acids is 4. The van der Waals surface area contributed by atoms with Crippen LogP contribution in [0.15, 0.2) is 0 Å². The van der Waals surface area contributed by atoms with Crippen LogP contribution < -0.4 is 0 Å². The molecular formula is C33H51AlF2O11S. The molecule has 0 aromatic carbocycles. The first kappa shape index (κ1) is 39.0. The second kappa shape index (κ2) is 14.4. The van der Waals surface area contributed by atoms with Crippen molar-refractivity contribution >= 4 is 50.3 Å². The molecule has 0 amide bonds. The molecule has 4 rings (SSSR count). The Balaban J connectivity index is 1.60. The highest BCUT2D eigenvalue weighted by molar-refractivity contribution is 7.87. The first-order valence-electron chi connectivity index (χ1n) is 17.2. The average Bonchev–Trinajstić information content (AvgIpc) is 3.26. The SMILES string of the molecule is CC(=O)OC1CC[C@@]2(C)C(C1)CC(OC(C)=O)C[C@@H]1[C@@H]3CC[C@H]([C@H](C)CCC(=O)O[CH]([AlH2])C(F)(F)S(=O)(=O)O)[C@@]3(C)C(OC(C)=O)C[C@@H]12. The quantitative estimate of drug-likeness (QED) is 0.147. The van der Waals surface area contributed by atoms with E-state index in [1.165, 1.54) is 20.8 Å². The molecule has 0 heterocycles. The van der Waals surface area contributed by atoms with Gasteiger partial charge in [-0.15, -0.1) is 0 Å². The molecule has 15 heteroatoms. The lowest BCUT2D eigenvalue weighted by Gasteiger charge is -2.59. The minimum atomic E-state index is -5.74. The summed E-state index contributed by atoms with van der Waals surface area (Å²) >= 11 is -0.509. The molecule has 48 heavy (non-hydrogen) atoms. The topological polar surface area (TPSA) is 160 Å². The van der Waals surface area contributed by atoms with Crippen molar-refractivity contribution < 1.29 is 59.9 Å². The third kappa shape index (κ3) is 7.74. The molecule has 4 aliphatic carbocycles. The zero-order chi connectivity index (χ0) is 36.0. The zero-order valence-electron chi connectivity index (χ0n) is 29.0. The number of carbonyl (C=O) groups is 4. The Morgan fingerprint density at radius 1 is 0.896 bits per heavy atom. The first-order valence-corrected chi connectivity index (χ1v) is 19.8. The van der Waals surface area contributed by atoms with Gasteiger partial charge in [0.15, 0.2) is 0 Å². The predicted molar refractivity (Wildman–Crippen MR) is 171 cm³/mol. The Labute approximate surface area is 290 Å². The van der Waals surface area contributed by atoms with Gasteiger partial charge in [0, 0.05) is 32.6 Å². The number of fused-ring (bicyclic) bond motifs is 5. The maximum absolute atomic E-state index is 14.0. The van der Waals surface area contributed by atoms with Gasteiger partial charge in [-0.25, -0.2) is 0 Å². The molecule has 12 atom stereocenters. The lowest BCUT2D eigenvalue weighted by molar-refractivity contribution is -0.186. The average molecular weight is 721 g/mol. The van der Waals surface area contributed by atoms with Crippen molar-refractivity contribution in [1.82, 2.24) is 0 Å². The van der Waals surface area contributed by atoms with E-state index in [1.807, 2.05) is 6.92 Å². The van der Waals surface area contributed by atoms with Crippen LogP contribution in [0.2, 0.25) is 0 Å². The molecular weight excluding hydrogens is 669 g/mol. The van der Waals surface area contributed by atoms with Gasteiger partial charge in [0.05, 0.1) is 0 Å². The fraction of sp³-hybridized carbons (Fsp3) is 0.879. The normalized spacial score (nSPS) is 37.8. The van der Waals surface area contributed by atoms with Gasteiger partial charge < -0.3 is 18.9 Å². The third-order valence-electron chi connectivity index (χ3n) is 12.6. The van der Waals surface area contributed by atoms with Crippen LogP contribution in [-0.4, -0.2) is 81.7 Å². The van der Waals surface area contributed by atoms with Gasteiger partial charge in [-0.05, 0) is 98.7 Å². The van der Waals surface area contributed by atoms with Crippen molar-refractivity contribution in [3.8, 4) is 0 Å². The molecule has 4 saturated carbocycles. The van der Waals surface area contributed by atoms with Crippen LogP contribution in [0.4, 0.5) is 8.78 Å². The van der Waals surface area contributed by atoms with E-state index in [9.17, 15) is 36.4 Å². The summed E-state index contributed by atoms with van der Waals surface area (Å²) in [6.07, 6.45) is 4.89. The molecule has 1 N–H and O–H groups in total. The minimum absolute atomic E-state index is 0.00499. The molecule has 0 spiro atoms. The maximum Gasteiger partial charge on any atom is 0.391 e. The second-order valence-electron chi connectivity index (χ2n) is 15.4. The monoisotopic (exact) mass is 720 g/mol. The number of ether oxygens (including phenoxy) is 4. The molecule has 0 aromatic heterocycles. The highest BCUT2D eigenvalue weighted by Gasteiger charge is 2.65. The van der Waals surface area contributed by atoms with Gasteiger partial charge in [-0.1, -0.05) is 20.8 Å². The Kier molecular flexibility index (Phi) is 11.7. The van der Waals surface area contributed by atoms with Crippen LogP contribution in [0.3, 0.4) is 0 Å². The Morgan fingerprint density at radius 2 is 1.48 bits per heavy atom. The van der Waals surface area contributed by atoms with Crippen molar-refractivity contribution in [2.24, 2.45) is 46.3 Å². The summed E-state index contributed by atoms with van der Waals surface area (Å²) in [5, 5.41) is -4.58. The van der Waals surface area contributed by atoms with Gasteiger partial charge >= 0.3 is 39.2 Å². The molecule has 0 radical (unpaired) electrons. The molecule has 0 bridgehead atoms. The Morgan fingerprint density at radius 3 is 2.06 bits per heavy atom. The second-order valence-corrected chi connectivity index (χ2v) is 17.9. The van der Waals surface area contributed by atoms with Crippen molar-refractivity contribution in [3.63, 3.8) is 0 Å². The van der Waals surface area contributed by atoms with E-state index in [4.69, 9.17) is 23.5 Å². The summed E-state index contributed by atoms with van der Waals surface area (Å²) in [4.78, 5) is 47.0. The molecule has 0 aromatic rings. The molecule has 0 saturated heterocycles.